The average molecular weight is 411 g/mol. The first-order valence-electron chi connectivity index (χ1n) is 8.53. The molecule has 28 heavy (non-hydrogen) atoms. The highest BCUT2D eigenvalue weighted by Gasteiger charge is 2.27. The zero-order chi connectivity index (χ0) is 19.9. The van der Waals surface area contributed by atoms with Crippen molar-refractivity contribution in [2.45, 2.75) is 20.7 Å². The number of rotatable bonds is 8. The molecule has 2 atom stereocenters. The van der Waals surface area contributed by atoms with Crippen LogP contribution in [-0.2, 0) is 0 Å². The molecule has 0 amide bonds. The summed E-state index contributed by atoms with van der Waals surface area (Å²) in [6, 6.07) is 24.3. The van der Waals surface area contributed by atoms with E-state index in [0.717, 1.165) is 33.3 Å². The van der Waals surface area contributed by atoms with E-state index in [-0.39, 0.29) is 11.1 Å². The lowest BCUT2D eigenvalue weighted by Gasteiger charge is -2.14. The molecule has 0 fully saturated rings. The topological polar surface area (TPSA) is 74.6 Å². The molecule has 0 heterocycles. The molecule has 3 rings (SSSR count). The van der Waals surface area contributed by atoms with E-state index in [9.17, 15) is 19.8 Å². The second kappa shape index (κ2) is 9.71. The Kier molecular flexibility index (Phi) is 7.06. The Bertz CT molecular complexity index is 867. The molecule has 0 saturated carbocycles. The van der Waals surface area contributed by atoms with Gasteiger partial charge in [-0.25, -0.2) is 0 Å². The fourth-order valence-corrected chi connectivity index (χ4v) is 4.15. The Balaban J connectivity index is 1.78. The first-order chi connectivity index (χ1) is 13.6. The second-order valence-electron chi connectivity index (χ2n) is 5.84. The van der Waals surface area contributed by atoms with E-state index in [1.165, 1.54) is 12.1 Å². The number of thioether (sulfide) groups is 2. The van der Waals surface area contributed by atoms with Gasteiger partial charge in [0.1, 0.15) is 0 Å². The Labute approximate surface area is 171 Å². The van der Waals surface area contributed by atoms with Crippen LogP contribution in [0.25, 0.3) is 0 Å². The molecule has 2 unspecified atom stereocenters. The van der Waals surface area contributed by atoms with E-state index in [1.807, 2.05) is 36.4 Å². The van der Waals surface area contributed by atoms with Crippen LogP contribution in [0.3, 0.4) is 0 Å². The molecular formula is C22H18O4S2. The summed E-state index contributed by atoms with van der Waals surface area (Å²) in [5, 5.41) is 20.7. The van der Waals surface area contributed by atoms with Gasteiger partial charge >= 0.3 is 0 Å². The van der Waals surface area contributed by atoms with Crippen LogP contribution in [0, 0.1) is 0 Å². The summed E-state index contributed by atoms with van der Waals surface area (Å²) in [5.41, 5.74) is -2.52. The number of hydrogen-bond donors (Lipinski definition) is 2. The maximum absolute atomic E-state index is 12.7. The number of carbonyl (C=O) groups is 2. The Morgan fingerprint density at radius 1 is 0.571 bits per heavy atom. The van der Waals surface area contributed by atoms with Crippen molar-refractivity contribution in [2.75, 3.05) is 0 Å². The SMILES string of the molecule is O=C(c1ccccc1C(=O)C(O)Sc1ccccc1)C(O)Sc1ccccc1. The quantitative estimate of drug-likeness (QED) is 0.328. The van der Waals surface area contributed by atoms with Crippen LogP contribution in [0.4, 0.5) is 0 Å². The van der Waals surface area contributed by atoms with Gasteiger partial charge in [0.2, 0.25) is 11.6 Å². The van der Waals surface area contributed by atoms with Gasteiger partial charge in [-0.05, 0) is 24.3 Å². The van der Waals surface area contributed by atoms with Gasteiger partial charge in [0.05, 0.1) is 0 Å². The zero-order valence-corrected chi connectivity index (χ0v) is 16.4. The fourth-order valence-electron chi connectivity index (χ4n) is 2.54. The van der Waals surface area contributed by atoms with Gasteiger partial charge in [0.15, 0.2) is 10.9 Å². The van der Waals surface area contributed by atoms with Crippen molar-refractivity contribution in [3.63, 3.8) is 0 Å². The van der Waals surface area contributed by atoms with Crippen LogP contribution in [0.15, 0.2) is 94.7 Å². The van der Waals surface area contributed by atoms with Gasteiger partial charge in [-0.1, -0.05) is 84.2 Å². The first-order valence-corrected chi connectivity index (χ1v) is 10.3. The van der Waals surface area contributed by atoms with Crippen molar-refractivity contribution in [1.29, 1.82) is 0 Å². The number of hydrogen-bond acceptors (Lipinski definition) is 6. The van der Waals surface area contributed by atoms with Crippen LogP contribution >= 0.6 is 23.5 Å². The molecule has 0 bridgehead atoms. The first kappa shape index (κ1) is 20.4. The molecule has 0 aliphatic rings. The van der Waals surface area contributed by atoms with Gasteiger partial charge in [0, 0.05) is 20.9 Å². The summed E-state index contributed by atoms with van der Waals surface area (Å²) in [5.74, 6) is -1.15. The van der Waals surface area contributed by atoms with Gasteiger partial charge < -0.3 is 10.2 Å². The number of aliphatic hydroxyl groups is 2. The van der Waals surface area contributed by atoms with Crippen LogP contribution < -0.4 is 0 Å². The number of ketones is 2. The van der Waals surface area contributed by atoms with Crippen LogP contribution in [0.1, 0.15) is 20.7 Å². The summed E-state index contributed by atoms with van der Waals surface area (Å²) in [6.07, 6.45) is 0. The molecule has 0 saturated heterocycles. The number of aliphatic hydroxyl groups excluding tert-OH is 2. The van der Waals surface area contributed by atoms with Crippen LogP contribution in [0.5, 0.6) is 0 Å². The largest absolute Gasteiger partial charge is 0.374 e. The van der Waals surface area contributed by atoms with Crippen LogP contribution in [-0.4, -0.2) is 32.7 Å². The van der Waals surface area contributed by atoms with Gasteiger partial charge in [-0.3, -0.25) is 9.59 Å². The summed E-state index contributed by atoms with van der Waals surface area (Å²) in [4.78, 5) is 27.0. The molecule has 0 aliphatic heterocycles. The Morgan fingerprint density at radius 2 is 0.893 bits per heavy atom. The molecule has 2 N–H and O–H groups in total. The third-order valence-corrected chi connectivity index (χ3v) is 5.85. The highest BCUT2D eigenvalue weighted by atomic mass is 32.2. The fraction of sp³-hybridized carbons (Fsp3) is 0.0909. The average Bonchev–Trinajstić information content (AvgIpc) is 2.74. The summed E-state index contributed by atoms with van der Waals surface area (Å²) >= 11 is 2.01. The van der Waals surface area contributed by atoms with Gasteiger partial charge in [0.25, 0.3) is 0 Å². The van der Waals surface area contributed by atoms with Gasteiger partial charge in [-0.2, -0.15) is 0 Å². The summed E-state index contributed by atoms with van der Waals surface area (Å²) in [6.45, 7) is 0. The Hall–Kier alpha value is -2.38. The van der Waals surface area contributed by atoms with Crippen molar-refractivity contribution >= 4 is 35.1 Å². The van der Waals surface area contributed by atoms with Crippen molar-refractivity contribution in [1.82, 2.24) is 0 Å². The summed E-state index contributed by atoms with van der Waals surface area (Å²) in [7, 11) is 0. The lowest BCUT2D eigenvalue weighted by atomic mass is 10.0. The molecule has 0 radical (unpaired) electrons. The third-order valence-electron chi connectivity index (χ3n) is 3.89. The zero-order valence-electron chi connectivity index (χ0n) is 14.8. The highest BCUT2D eigenvalue weighted by Crippen LogP contribution is 2.28. The van der Waals surface area contributed by atoms with Gasteiger partial charge in [-0.15, -0.1) is 0 Å². The number of Topliss-reactive ketones (excluding diaryl/α,β-unsaturated/α-hetero) is 2. The third kappa shape index (κ3) is 5.11. The lowest BCUT2D eigenvalue weighted by molar-refractivity contribution is 0.0835. The lowest BCUT2D eigenvalue weighted by Crippen LogP contribution is -2.23. The molecular weight excluding hydrogens is 392 g/mol. The minimum absolute atomic E-state index is 0.0937. The van der Waals surface area contributed by atoms with E-state index < -0.39 is 22.4 Å². The number of benzene rings is 3. The van der Waals surface area contributed by atoms with E-state index in [4.69, 9.17) is 0 Å². The summed E-state index contributed by atoms with van der Waals surface area (Å²) < 4.78 is 0. The molecule has 4 nitrogen and oxygen atoms in total. The smallest absolute Gasteiger partial charge is 0.202 e. The molecule has 6 heteroatoms. The predicted molar refractivity (Wildman–Crippen MR) is 112 cm³/mol. The van der Waals surface area contributed by atoms with E-state index >= 15 is 0 Å². The monoisotopic (exact) mass is 410 g/mol. The molecule has 0 aromatic heterocycles. The predicted octanol–water partition coefficient (Wildman–Crippen LogP) is 4.27. The normalized spacial score (nSPS) is 12.9. The Morgan fingerprint density at radius 3 is 1.25 bits per heavy atom. The van der Waals surface area contributed by atoms with Crippen molar-refractivity contribution in [3.05, 3.63) is 96.1 Å². The maximum atomic E-state index is 12.7. The molecule has 0 aliphatic carbocycles. The van der Waals surface area contributed by atoms with Crippen LogP contribution in [0.2, 0.25) is 0 Å². The van der Waals surface area contributed by atoms with Crippen molar-refractivity contribution in [2.24, 2.45) is 0 Å². The molecule has 0 spiro atoms. The van der Waals surface area contributed by atoms with Crippen molar-refractivity contribution < 1.29 is 19.8 Å². The molecule has 3 aromatic carbocycles. The highest BCUT2D eigenvalue weighted by molar-refractivity contribution is 8.00. The van der Waals surface area contributed by atoms with E-state index in [1.54, 1.807) is 36.4 Å². The number of carbonyl (C=O) groups excluding carboxylic acids is 2. The van der Waals surface area contributed by atoms with E-state index in [0.29, 0.717) is 0 Å². The van der Waals surface area contributed by atoms with E-state index in [2.05, 4.69) is 0 Å². The maximum Gasteiger partial charge on any atom is 0.202 e. The second-order valence-corrected chi connectivity index (χ2v) is 8.15. The minimum Gasteiger partial charge on any atom is -0.374 e. The minimum atomic E-state index is -1.35. The molecule has 3 aromatic rings. The standard InChI is InChI=1S/C22H18O4S2/c23-19(21(25)27-15-9-3-1-4-10-15)17-13-7-8-14-18(17)20(24)22(26)28-16-11-5-2-6-12-16/h1-14,21-22,25-26H. The molecule has 142 valence electrons. The van der Waals surface area contributed by atoms with Crippen molar-refractivity contribution in [3.8, 4) is 0 Å².